The van der Waals surface area contributed by atoms with Gasteiger partial charge in [0.1, 0.15) is 11.4 Å². The van der Waals surface area contributed by atoms with Crippen LogP contribution in [0.25, 0.3) is 0 Å². The van der Waals surface area contributed by atoms with E-state index in [4.69, 9.17) is 23.8 Å². The lowest BCUT2D eigenvalue weighted by Crippen LogP contribution is -2.28. The van der Waals surface area contributed by atoms with E-state index in [1.54, 1.807) is 0 Å². The number of carbonyl (C=O) groups excluding carboxylic acids is 1. The normalized spacial score (nSPS) is 13.3. The molecule has 0 amide bonds. The summed E-state index contributed by atoms with van der Waals surface area (Å²) in [5, 5.41) is 13.2. The van der Waals surface area contributed by atoms with Crippen LogP contribution in [0.2, 0.25) is 5.02 Å². The van der Waals surface area contributed by atoms with Crippen molar-refractivity contribution >= 4 is 40.6 Å². The number of rotatable bonds is 3. The zero-order valence-electron chi connectivity index (χ0n) is 10.8. The Morgan fingerprint density at radius 3 is 2.90 bits per heavy atom. The molecule has 0 spiro atoms. The number of esters is 1. The number of methoxy groups -OCH3 is 1. The minimum Gasteiger partial charge on any atom is -0.466 e. The topological polar surface area (TPSA) is 75.1 Å². The van der Waals surface area contributed by atoms with Crippen LogP contribution in [0.4, 0.5) is 10.1 Å². The highest BCUT2D eigenvalue weighted by Gasteiger charge is 2.21. The standard InChI is InChI=1S/C12H10ClFN4O2S/c1-20-11(19)7-5-15-18-10(7)17-12(21)16-6-2-3-9(14)8(13)4-6/h2-4H,5H2,1H3,(H2,16,17,21). The number of benzene rings is 1. The van der Waals surface area contributed by atoms with Gasteiger partial charge in [-0.15, -0.1) is 5.11 Å². The lowest BCUT2D eigenvalue weighted by Gasteiger charge is -2.10. The van der Waals surface area contributed by atoms with E-state index in [1.807, 2.05) is 0 Å². The molecule has 2 N–H and O–H groups in total. The molecule has 1 aromatic rings. The molecule has 0 unspecified atom stereocenters. The summed E-state index contributed by atoms with van der Waals surface area (Å²) in [5.41, 5.74) is 0.771. The molecule has 1 aromatic carbocycles. The molecule has 9 heteroatoms. The Labute approximate surface area is 130 Å². The first-order chi connectivity index (χ1) is 10.0. The van der Waals surface area contributed by atoms with Gasteiger partial charge < -0.3 is 15.4 Å². The third-order valence-corrected chi connectivity index (χ3v) is 3.02. The predicted octanol–water partition coefficient (Wildman–Crippen LogP) is 2.62. The molecule has 0 saturated heterocycles. The van der Waals surface area contributed by atoms with Crippen LogP contribution >= 0.6 is 23.8 Å². The summed E-state index contributed by atoms with van der Waals surface area (Å²) in [6.45, 7) is 0.125. The molecule has 1 aliphatic heterocycles. The molecule has 1 heterocycles. The third kappa shape index (κ3) is 3.73. The van der Waals surface area contributed by atoms with Crippen molar-refractivity contribution in [1.82, 2.24) is 5.32 Å². The van der Waals surface area contributed by atoms with Crippen LogP contribution in [0.5, 0.6) is 0 Å². The zero-order valence-corrected chi connectivity index (χ0v) is 12.4. The second kappa shape index (κ2) is 6.59. The number of carbonyl (C=O) groups is 1. The van der Waals surface area contributed by atoms with Crippen molar-refractivity contribution in [3.63, 3.8) is 0 Å². The highest BCUT2D eigenvalue weighted by Crippen LogP contribution is 2.19. The highest BCUT2D eigenvalue weighted by molar-refractivity contribution is 7.80. The molecule has 21 heavy (non-hydrogen) atoms. The van der Waals surface area contributed by atoms with Crippen LogP contribution in [0.1, 0.15) is 0 Å². The summed E-state index contributed by atoms with van der Waals surface area (Å²) in [5.74, 6) is -0.843. The van der Waals surface area contributed by atoms with Crippen molar-refractivity contribution in [1.29, 1.82) is 0 Å². The van der Waals surface area contributed by atoms with Gasteiger partial charge in [0.05, 0.1) is 18.7 Å². The van der Waals surface area contributed by atoms with E-state index in [1.165, 1.54) is 25.3 Å². The Hall–Kier alpha value is -2.06. The van der Waals surface area contributed by atoms with Gasteiger partial charge in [-0.1, -0.05) is 11.6 Å². The number of hydrogen-bond donors (Lipinski definition) is 2. The Morgan fingerprint density at radius 1 is 1.48 bits per heavy atom. The molecule has 0 radical (unpaired) electrons. The van der Waals surface area contributed by atoms with Crippen LogP contribution < -0.4 is 10.6 Å². The largest absolute Gasteiger partial charge is 0.466 e. The number of halogens is 2. The van der Waals surface area contributed by atoms with Crippen molar-refractivity contribution < 1.29 is 13.9 Å². The van der Waals surface area contributed by atoms with Gasteiger partial charge in [-0.25, -0.2) is 9.18 Å². The lowest BCUT2D eigenvalue weighted by atomic mass is 10.3. The van der Waals surface area contributed by atoms with Crippen molar-refractivity contribution in [3.05, 3.63) is 40.4 Å². The van der Waals surface area contributed by atoms with Gasteiger partial charge >= 0.3 is 5.97 Å². The fraction of sp³-hybridized carbons (Fsp3) is 0.167. The van der Waals surface area contributed by atoms with Gasteiger partial charge in [0.2, 0.25) is 0 Å². The fourth-order valence-corrected chi connectivity index (χ4v) is 1.94. The van der Waals surface area contributed by atoms with Gasteiger partial charge in [-0.2, -0.15) is 5.11 Å². The first-order valence-electron chi connectivity index (χ1n) is 5.73. The molecular formula is C12H10ClFN4O2S. The van der Waals surface area contributed by atoms with Crippen LogP contribution in [-0.4, -0.2) is 24.7 Å². The number of ether oxygens (including phenoxy) is 1. The maximum Gasteiger partial charge on any atom is 0.339 e. The van der Waals surface area contributed by atoms with E-state index in [0.717, 1.165) is 0 Å². The number of thiocarbonyl (C=S) groups is 1. The van der Waals surface area contributed by atoms with Gasteiger partial charge in [-0.05, 0) is 30.4 Å². The molecule has 0 bridgehead atoms. The lowest BCUT2D eigenvalue weighted by molar-refractivity contribution is -0.136. The Kier molecular flexibility index (Phi) is 4.81. The fourth-order valence-electron chi connectivity index (χ4n) is 1.54. The maximum absolute atomic E-state index is 13.0. The molecule has 110 valence electrons. The third-order valence-electron chi connectivity index (χ3n) is 2.53. The number of anilines is 1. The van der Waals surface area contributed by atoms with Gasteiger partial charge in [0.25, 0.3) is 0 Å². The second-order valence-electron chi connectivity index (χ2n) is 3.93. The van der Waals surface area contributed by atoms with Gasteiger partial charge in [0.15, 0.2) is 10.9 Å². The van der Waals surface area contributed by atoms with Crippen LogP contribution in [0, 0.1) is 5.82 Å². The smallest absolute Gasteiger partial charge is 0.339 e. The highest BCUT2D eigenvalue weighted by atomic mass is 35.5. The van der Waals surface area contributed by atoms with E-state index in [9.17, 15) is 9.18 Å². The first-order valence-corrected chi connectivity index (χ1v) is 6.52. The van der Waals surface area contributed by atoms with E-state index >= 15 is 0 Å². The van der Waals surface area contributed by atoms with E-state index < -0.39 is 11.8 Å². The van der Waals surface area contributed by atoms with Crippen LogP contribution in [-0.2, 0) is 9.53 Å². The van der Waals surface area contributed by atoms with Crippen molar-refractivity contribution in [2.24, 2.45) is 10.2 Å². The average Bonchev–Trinajstić information content (AvgIpc) is 2.90. The van der Waals surface area contributed by atoms with Crippen molar-refractivity contribution in [2.45, 2.75) is 0 Å². The van der Waals surface area contributed by atoms with E-state index in [0.29, 0.717) is 5.69 Å². The SMILES string of the molecule is COC(=O)C1=C(NC(=S)Nc2ccc(F)c(Cl)c2)N=NC1. The number of nitrogens with one attached hydrogen (secondary N) is 2. The predicted molar refractivity (Wildman–Crippen MR) is 79.5 cm³/mol. The molecule has 0 fully saturated rings. The average molecular weight is 329 g/mol. The number of hydrogen-bond acceptors (Lipinski definition) is 5. The minimum absolute atomic E-state index is 0.0298. The monoisotopic (exact) mass is 328 g/mol. The summed E-state index contributed by atoms with van der Waals surface area (Å²) in [7, 11) is 1.27. The summed E-state index contributed by atoms with van der Waals surface area (Å²) in [6.07, 6.45) is 0. The van der Waals surface area contributed by atoms with Gasteiger partial charge in [0, 0.05) is 5.69 Å². The summed E-state index contributed by atoms with van der Waals surface area (Å²) in [4.78, 5) is 11.5. The molecule has 0 aliphatic carbocycles. The zero-order chi connectivity index (χ0) is 15.4. The quantitative estimate of drug-likeness (QED) is 0.659. The van der Waals surface area contributed by atoms with Gasteiger partial charge in [-0.3, -0.25) is 0 Å². The Bertz CT molecular complexity index is 663. The molecule has 0 saturated carbocycles. The summed E-state index contributed by atoms with van der Waals surface area (Å²) < 4.78 is 17.7. The Morgan fingerprint density at radius 2 is 2.24 bits per heavy atom. The van der Waals surface area contributed by atoms with Crippen molar-refractivity contribution in [3.8, 4) is 0 Å². The first kappa shape index (κ1) is 15.3. The molecular weight excluding hydrogens is 319 g/mol. The van der Waals surface area contributed by atoms with Crippen LogP contribution in [0.15, 0.2) is 39.8 Å². The van der Waals surface area contributed by atoms with Crippen LogP contribution in [0.3, 0.4) is 0 Å². The summed E-state index contributed by atoms with van der Waals surface area (Å²) >= 11 is 10.7. The van der Waals surface area contributed by atoms with E-state index in [-0.39, 0.29) is 28.1 Å². The van der Waals surface area contributed by atoms with Crippen molar-refractivity contribution in [2.75, 3.05) is 19.0 Å². The molecule has 0 aromatic heterocycles. The number of nitrogens with zero attached hydrogens (tertiary/aromatic N) is 2. The summed E-state index contributed by atoms with van der Waals surface area (Å²) in [6, 6.07) is 4.07. The molecule has 0 atom stereocenters. The second-order valence-corrected chi connectivity index (χ2v) is 4.74. The molecule has 6 nitrogen and oxygen atoms in total. The minimum atomic E-state index is -0.532. The molecule has 2 rings (SSSR count). The Balaban J connectivity index is 2.06. The maximum atomic E-state index is 13.0. The molecule has 1 aliphatic rings. The number of azo groups is 1. The van der Waals surface area contributed by atoms with E-state index in [2.05, 4.69) is 25.6 Å².